The molecule has 0 bridgehead atoms. The van der Waals surface area contributed by atoms with Crippen molar-refractivity contribution in [3.63, 3.8) is 0 Å². The van der Waals surface area contributed by atoms with E-state index in [-0.39, 0.29) is 40.4 Å². The molecule has 378 valence electrons. The predicted octanol–water partition coefficient (Wildman–Crippen LogP) is 16.2. The van der Waals surface area contributed by atoms with Gasteiger partial charge >= 0.3 is 45.6 Å². The van der Waals surface area contributed by atoms with Crippen LogP contribution in [0.5, 0.6) is 28.7 Å². The van der Waals surface area contributed by atoms with E-state index in [2.05, 4.69) is 62.2 Å². The van der Waals surface area contributed by atoms with Gasteiger partial charge in [-0.15, -0.1) is 0 Å². The number of aryl methyl sites for hydroxylation is 2. The molecule has 2 aliphatic carbocycles. The summed E-state index contributed by atoms with van der Waals surface area (Å²) in [6.07, 6.45) is 7.67. The van der Waals surface area contributed by atoms with Gasteiger partial charge in [0.25, 0.3) is 0 Å². The zero-order chi connectivity index (χ0) is 57.8. The Kier molecular flexibility index (Phi) is 19.5. The number of alkyl halides is 3. The first-order chi connectivity index (χ1) is 35.0. The Morgan fingerprint density at radius 1 is 0.729 bits per heavy atom. The van der Waals surface area contributed by atoms with Crippen molar-refractivity contribution in [1.82, 2.24) is 0 Å². The van der Waals surface area contributed by atoms with Crippen LogP contribution in [0.25, 0.3) is 0 Å². The molecule has 0 fully saturated rings. The van der Waals surface area contributed by atoms with Crippen LogP contribution in [0.1, 0.15) is 101 Å². The summed E-state index contributed by atoms with van der Waals surface area (Å²) >= 11 is 4.25. The van der Waals surface area contributed by atoms with Crippen LogP contribution in [0.4, 0.5) is 13.2 Å². The molecule has 0 unspecified atom stereocenters. The van der Waals surface area contributed by atoms with Gasteiger partial charge in [0.15, 0.2) is 0 Å². The van der Waals surface area contributed by atoms with Gasteiger partial charge in [0.1, 0.15) is 28.7 Å². The van der Waals surface area contributed by atoms with E-state index in [9.17, 15) is 31.8 Å². The third kappa shape index (κ3) is 18.6. The number of benzene rings is 4. The molecule has 0 amide bonds. The van der Waals surface area contributed by atoms with E-state index in [4.69, 9.17) is 17.1 Å². The molecule has 0 spiro atoms. The van der Waals surface area contributed by atoms with E-state index in [0.29, 0.717) is 48.8 Å². The Labute approximate surface area is 444 Å². The van der Waals surface area contributed by atoms with Crippen LogP contribution in [0.2, 0.25) is 39.3 Å². The Hall–Kier alpha value is -3.88. The summed E-state index contributed by atoms with van der Waals surface area (Å²) in [4.78, 5) is 0. The third-order valence-electron chi connectivity index (χ3n) is 11.3. The monoisotopic (exact) mass is 1140 g/mol. The van der Waals surface area contributed by atoms with Gasteiger partial charge in [0.2, 0.25) is 16.6 Å². The molecular weight excluding hydrogens is 1060 g/mol. The van der Waals surface area contributed by atoms with Gasteiger partial charge in [0, 0.05) is 43.3 Å². The minimum atomic E-state index is -5.95. The Morgan fingerprint density at radius 2 is 1.13 bits per heavy atom. The van der Waals surface area contributed by atoms with Crippen LogP contribution in [0.15, 0.2) is 133 Å². The van der Waals surface area contributed by atoms with Gasteiger partial charge in [-0.3, -0.25) is 0 Å². The zero-order valence-electron chi connectivity index (χ0n) is 47.7. The zero-order valence-corrected chi connectivity index (χ0v) is 49.1. The second-order valence-electron chi connectivity index (χ2n) is 19.4. The van der Waals surface area contributed by atoms with Crippen molar-refractivity contribution in [2.24, 2.45) is 11.8 Å². The average Bonchev–Trinajstić information content (AvgIpc) is 3.30. The Morgan fingerprint density at radius 3 is 1.49 bits per heavy atom. The number of hydrogen-bond acceptors (Lipinski definition) is 7. The Balaban J connectivity index is 0.000000344. The van der Waals surface area contributed by atoms with Gasteiger partial charge in [-0.05, 0) is 140 Å². The SMILES string of the molecule is [2H]C([2H])([2H])C1=C[C@@H](c2c(O)cc(CCc3ccccc3)cc2O)[C@H](C(=C)C)CC1.[2H]C([2H])([2H])C1=C[C@@H](c2c(O[Si](C)(C)C)cc(OS(=O)(=O)C(F)(F)F)cc2O[Si](C)(C)C)[C@H](C(=C)C)CC1.[CH2-]Cc1ccccc1.[Zn+][Br]. The van der Waals surface area contributed by atoms with Crippen LogP contribution in [0.3, 0.4) is 0 Å². The van der Waals surface area contributed by atoms with Crippen molar-refractivity contribution < 1.29 is 69.4 Å². The van der Waals surface area contributed by atoms with Gasteiger partial charge in [-0.2, -0.15) is 28.0 Å². The van der Waals surface area contributed by atoms with Gasteiger partial charge in [-0.25, -0.2) is 0 Å². The van der Waals surface area contributed by atoms with E-state index in [1.54, 1.807) is 24.3 Å². The fraction of sp³-hybridized carbons (Fsp3) is 0.400. The number of rotatable bonds is 14. The summed E-state index contributed by atoms with van der Waals surface area (Å²) in [6, 6.07) is 25.9. The van der Waals surface area contributed by atoms with E-state index in [1.165, 1.54) is 27.5 Å². The summed E-state index contributed by atoms with van der Waals surface area (Å²) in [6.45, 7) is 22.3. The van der Waals surface area contributed by atoms with E-state index in [1.807, 2.05) is 89.5 Å². The van der Waals surface area contributed by atoms with Crippen molar-refractivity contribution in [3.05, 3.63) is 167 Å². The summed E-state index contributed by atoms with van der Waals surface area (Å²) in [5.74, 6) is -1.60. The van der Waals surface area contributed by atoms with Crippen molar-refractivity contribution in [1.29, 1.82) is 0 Å². The van der Waals surface area contributed by atoms with Crippen molar-refractivity contribution >= 4 is 40.4 Å². The first kappa shape index (κ1) is 51.0. The minimum absolute atomic E-state index is 0.00681. The quantitative estimate of drug-likeness (QED) is 0.0426. The van der Waals surface area contributed by atoms with Crippen LogP contribution in [0, 0.1) is 18.8 Å². The van der Waals surface area contributed by atoms with Crippen LogP contribution in [-0.2, 0) is 45.7 Å². The molecule has 0 aliphatic heterocycles. The maximum absolute atomic E-state index is 13.1. The van der Waals surface area contributed by atoms with Gasteiger partial charge in [0.05, 0.1) is 0 Å². The van der Waals surface area contributed by atoms with E-state index in [0.717, 1.165) is 41.7 Å². The van der Waals surface area contributed by atoms with Crippen LogP contribution in [-0.4, -0.2) is 40.8 Å². The number of aromatic hydroxyl groups is 2. The molecule has 15 heteroatoms. The topological polar surface area (TPSA) is 102 Å². The van der Waals surface area contributed by atoms with Gasteiger partial charge < -0.3 is 30.2 Å². The van der Waals surface area contributed by atoms with Crippen molar-refractivity contribution in [2.75, 3.05) is 0 Å². The number of allylic oxidation sites excluding steroid dienone is 6. The molecule has 70 heavy (non-hydrogen) atoms. The van der Waals surface area contributed by atoms with Crippen molar-refractivity contribution in [3.8, 4) is 28.7 Å². The maximum atomic E-state index is 13.1. The van der Waals surface area contributed by atoms with Gasteiger partial charge in [-0.1, -0.05) is 114 Å². The molecule has 4 aromatic carbocycles. The number of phenolic OH excluding ortho intramolecular Hbond substituents is 2. The standard InChI is InChI=1S/C24H28O2.C23H35F3O5SSi2.C8H9.BrH.Zn/c1-16(2)20-12-9-17(3)13-21(20)24-22(25)14-19(15-23(24)26)11-10-18-7-5-4-6-8-18;1-15(2)18-11-10-16(3)12-19(18)22-20(30-33(4,5)6)13-17(14-21(22)31-34(7,8)9)29-32(27,28)23(24,25)26;1-2-8-6-4-3-5-7-8;;/h4-8,13-15,20-21,25-26H,1,9-12H2,2-3H3;12-14,18-19H,1,10-11H2,2-9H3;3-7H,1-2H2;1H;/q;;-1;;+2/p-1/t20-,21+;18-,19+;;;/m00.../s1/i2*3D3;;;. The summed E-state index contributed by atoms with van der Waals surface area (Å²) in [7, 11) is -10.8. The van der Waals surface area contributed by atoms with Crippen LogP contribution >= 0.6 is 13.6 Å². The molecular formula is C55H72BrF3O7SSi2Zn. The second-order valence-corrected chi connectivity index (χ2v) is 29.8. The molecule has 4 aromatic rings. The second kappa shape index (κ2) is 26.7. The average molecular weight is 1140 g/mol. The van der Waals surface area contributed by atoms with Crippen molar-refractivity contribution in [2.45, 2.75) is 129 Å². The molecule has 0 aromatic heterocycles. The fourth-order valence-corrected chi connectivity index (χ4v) is 10.3. The van der Waals surface area contributed by atoms with Crippen LogP contribution < -0.4 is 13.0 Å². The summed E-state index contributed by atoms with van der Waals surface area (Å²) in [5.41, 5.74) is 0.889. The molecule has 7 nitrogen and oxygen atoms in total. The number of halogens is 4. The summed E-state index contributed by atoms with van der Waals surface area (Å²) < 4.78 is 127. The molecule has 4 atom stereocenters. The molecule has 0 heterocycles. The molecule has 0 saturated carbocycles. The predicted molar refractivity (Wildman–Crippen MR) is 286 cm³/mol. The molecule has 6 rings (SSSR count). The third-order valence-corrected chi connectivity index (χ3v) is 13.9. The first-order valence-electron chi connectivity index (χ1n) is 26.0. The molecule has 2 N–H and O–H groups in total. The molecule has 0 saturated heterocycles. The van der Waals surface area contributed by atoms with E-state index < -0.39 is 63.6 Å². The number of phenols is 2. The fourth-order valence-electron chi connectivity index (χ4n) is 8.19. The normalized spacial score (nSPS) is 19.8. The Bertz CT molecular complexity index is 2700. The molecule has 0 radical (unpaired) electrons. The molecule has 2 aliphatic rings. The number of hydrogen-bond donors (Lipinski definition) is 2. The van der Waals surface area contributed by atoms with E-state index >= 15 is 0 Å². The first-order valence-corrected chi connectivity index (χ1v) is 38.2. The summed E-state index contributed by atoms with van der Waals surface area (Å²) in [5, 5.41) is 21.5.